The van der Waals surface area contributed by atoms with Crippen LogP contribution in [0.2, 0.25) is 5.02 Å². The molecule has 21 heavy (non-hydrogen) atoms. The molecule has 2 aromatic carbocycles. The van der Waals surface area contributed by atoms with E-state index in [1.807, 2.05) is 12.1 Å². The lowest BCUT2D eigenvalue weighted by Crippen LogP contribution is -2.23. The highest BCUT2D eigenvalue weighted by Crippen LogP contribution is 2.40. The number of aryl methyl sites for hydroxylation is 1. The normalized spacial score (nSPS) is 14.0. The van der Waals surface area contributed by atoms with Gasteiger partial charge in [-0.25, -0.2) is 0 Å². The van der Waals surface area contributed by atoms with E-state index >= 15 is 0 Å². The van der Waals surface area contributed by atoms with Crippen molar-refractivity contribution >= 4 is 27.5 Å². The first kappa shape index (κ1) is 16.4. The molecule has 0 radical (unpaired) electrons. The van der Waals surface area contributed by atoms with E-state index in [1.54, 1.807) is 6.07 Å². The number of phenolic OH excluding ortho intramolecular Hbond substituents is 1. The van der Waals surface area contributed by atoms with E-state index < -0.39 is 0 Å². The first-order chi connectivity index (χ1) is 9.88. The maximum atomic E-state index is 9.65. The van der Waals surface area contributed by atoms with Crippen molar-refractivity contribution in [1.82, 2.24) is 0 Å². The van der Waals surface area contributed by atoms with Crippen molar-refractivity contribution in [1.29, 1.82) is 0 Å². The van der Waals surface area contributed by atoms with Crippen molar-refractivity contribution in [2.24, 2.45) is 0 Å². The Morgan fingerprint density at radius 1 is 1.14 bits per heavy atom. The first-order valence-corrected chi connectivity index (χ1v) is 8.31. The molecule has 0 aromatic heterocycles. The molecule has 2 rings (SSSR count). The summed E-state index contributed by atoms with van der Waals surface area (Å²) in [5.74, 6) is 0.129. The van der Waals surface area contributed by atoms with E-state index in [9.17, 15) is 5.11 Å². The summed E-state index contributed by atoms with van der Waals surface area (Å²) < 4.78 is 1.12. The van der Waals surface area contributed by atoms with Crippen molar-refractivity contribution in [3.05, 3.63) is 62.6 Å². The number of benzene rings is 2. The molecular formula is C18H20BrClO. The Labute approximate surface area is 140 Å². The predicted molar refractivity (Wildman–Crippen MR) is 93.4 cm³/mol. The molecule has 0 heterocycles. The highest BCUT2D eigenvalue weighted by molar-refractivity contribution is 9.10. The third kappa shape index (κ3) is 3.27. The molecule has 1 atom stereocenters. The molecule has 0 aliphatic heterocycles. The van der Waals surface area contributed by atoms with Gasteiger partial charge in [-0.1, -0.05) is 66.0 Å². The third-order valence-corrected chi connectivity index (χ3v) is 5.30. The van der Waals surface area contributed by atoms with Gasteiger partial charge in [0, 0.05) is 9.89 Å². The molecular weight excluding hydrogens is 348 g/mol. The zero-order chi connectivity index (χ0) is 15.6. The Balaban J connectivity index is 2.57. The van der Waals surface area contributed by atoms with Crippen LogP contribution in [0.5, 0.6) is 5.75 Å². The summed E-state index contributed by atoms with van der Waals surface area (Å²) in [7, 11) is 0. The van der Waals surface area contributed by atoms with Crippen LogP contribution in [-0.4, -0.2) is 5.11 Å². The number of rotatable bonds is 4. The van der Waals surface area contributed by atoms with Crippen LogP contribution >= 0.6 is 27.5 Å². The van der Waals surface area contributed by atoms with E-state index in [0.717, 1.165) is 22.9 Å². The molecule has 1 N–H and O–H groups in total. The van der Waals surface area contributed by atoms with Crippen LogP contribution in [0.15, 0.2) is 40.9 Å². The van der Waals surface area contributed by atoms with Gasteiger partial charge in [-0.05, 0) is 48.2 Å². The van der Waals surface area contributed by atoms with Crippen LogP contribution in [0.25, 0.3) is 0 Å². The zero-order valence-electron chi connectivity index (χ0n) is 12.6. The molecule has 0 spiro atoms. The van der Waals surface area contributed by atoms with Gasteiger partial charge in [0.25, 0.3) is 0 Å². The minimum Gasteiger partial charge on any atom is -0.506 e. The van der Waals surface area contributed by atoms with Crippen molar-refractivity contribution in [3.8, 4) is 5.75 Å². The first-order valence-electron chi connectivity index (χ1n) is 7.14. The van der Waals surface area contributed by atoms with E-state index in [-0.39, 0.29) is 11.2 Å². The van der Waals surface area contributed by atoms with Crippen LogP contribution in [-0.2, 0) is 5.41 Å². The average molecular weight is 368 g/mol. The Bertz CT molecular complexity index is 600. The molecule has 2 aromatic rings. The van der Waals surface area contributed by atoms with Gasteiger partial charge in [0.15, 0.2) is 0 Å². The van der Waals surface area contributed by atoms with E-state index in [2.05, 4.69) is 54.9 Å². The monoisotopic (exact) mass is 366 g/mol. The summed E-state index contributed by atoms with van der Waals surface area (Å²) in [5, 5.41) is 10.1. The summed E-state index contributed by atoms with van der Waals surface area (Å²) in [4.78, 5) is 0. The molecule has 0 aliphatic rings. The lowest BCUT2D eigenvalue weighted by molar-refractivity contribution is 0.472. The largest absolute Gasteiger partial charge is 0.506 e. The van der Waals surface area contributed by atoms with Crippen molar-refractivity contribution in [2.75, 3.05) is 0 Å². The molecule has 3 heteroatoms. The summed E-state index contributed by atoms with van der Waals surface area (Å²) in [6.07, 6.45) is 2.09. The van der Waals surface area contributed by atoms with Gasteiger partial charge in [0.1, 0.15) is 5.75 Å². The number of hydrogen-bond acceptors (Lipinski definition) is 1. The molecule has 1 unspecified atom stereocenters. The number of aromatic hydroxyl groups is 1. The Hall–Kier alpha value is -0.990. The SMILES string of the molecule is CCCC(C)(c1ccc(O)c(Cl)c1)c1ccc(C)c(Br)c1. The van der Waals surface area contributed by atoms with Gasteiger partial charge in [-0.2, -0.15) is 0 Å². The van der Waals surface area contributed by atoms with Crippen molar-refractivity contribution in [3.63, 3.8) is 0 Å². The highest BCUT2D eigenvalue weighted by Gasteiger charge is 2.29. The second-order valence-electron chi connectivity index (χ2n) is 5.71. The Kier molecular flexibility index (Phi) is 5.00. The van der Waals surface area contributed by atoms with Gasteiger partial charge in [0.2, 0.25) is 0 Å². The van der Waals surface area contributed by atoms with Crippen LogP contribution in [0.4, 0.5) is 0 Å². The lowest BCUT2D eigenvalue weighted by Gasteiger charge is -2.31. The third-order valence-electron chi connectivity index (χ3n) is 4.14. The van der Waals surface area contributed by atoms with Gasteiger partial charge in [-0.3, -0.25) is 0 Å². The molecule has 0 saturated heterocycles. The predicted octanol–water partition coefficient (Wildman–Crippen LogP) is 6.22. The van der Waals surface area contributed by atoms with Gasteiger partial charge >= 0.3 is 0 Å². The van der Waals surface area contributed by atoms with Crippen LogP contribution in [0, 0.1) is 6.92 Å². The number of phenols is 1. The molecule has 0 fully saturated rings. The molecule has 0 bridgehead atoms. The summed E-state index contributed by atoms with van der Waals surface area (Å²) in [6.45, 7) is 6.50. The summed E-state index contributed by atoms with van der Waals surface area (Å²) in [6, 6.07) is 12.0. The van der Waals surface area contributed by atoms with Crippen molar-refractivity contribution in [2.45, 2.75) is 39.0 Å². The maximum absolute atomic E-state index is 9.65. The van der Waals surface area contributed by atoms with Crippen LogP contribution in [0.1, 0.15) is 43.4 Å². The second kappa shape index (κ2) is 6.41. The minimum atomic E-state index is -0.123. The molecule has 0 aliphatic carbocycles. The molecule has 0 saturated carbocycles. The average Bonchev–Trinajstić information content (AvgIpc) is 2.45. The van der Waals surface area contributed by atoms with Crippen LogP contribution < -0.4 is 0 Å². The molecule has 1 nitrogen and oxygen atoms in total. The van der Waals surface area contributed by atoms with E-state index in [1.165, 1.54) is 11.1 Å². The highest BCUT2D eigenvalue weighted by atomic mass is 79.9. The fourth-order valence-electron chi connectivity index (χ4n) is 2.74. The molecule has 0 amide bonds. The standard InChI is InChI=1S/C18H20BrClO/c1-4-9-18(3,13-6-5-12(2)15(19)10-13)14-7-8-17(21)16(20)11-14/h5-8,10-11,21H,4,9H2,1-3H3. The van der Waals surface area contributed by atoms with Gasteiger partial charge in [-0.15, -0.1) is 0 Å². The van der Waals surface area contributed by atoms with Crippen LogP contribution in [0.3, 0.4) is 0 Å². The van der Waals surface area contributed by atoms with Gasteiger partial charge < -0.3 is 5.11 Å². The fourth-order valence-corrected chi connectivity index (χ4v) is 3.30. The lowest BCUT2D eigenvalue weighted by atomic mass is 9.73. The summed E-state index contributed by atoms with van der Waals surface area (Å²) in [5.41, 5.74) is 3.48. The minimum absolute atomic E-state index is 0.123. The Morgan fingerprint density at radius 2 is 1.76 bits per heavy atom. The Morgan fingerprint density at radius 3 is 2.33 bits per heavy atom. The van der Waals surface area contributed by atoms with E-state index in [4.69, 9.17) is 11.6 Å². The zero-order valence-corrected chi connectivity index (χ0v) is 14.9. The van der Waals surface area contributed by atoms with Gasteiger partial charge in [0.05, 0.1) is 5.02 Å². The topological polar surface area (TPSA) is 20.2 Å². The van der Waals surface area contributed by atoms with E-state index in [0.29, 0.717) is 5.02 Å². The molecule has 112 valence electrons. The summed E-state index contributed by atoms with van der Waals surface area (Å²) >= 11 is 9.73. The second-order valence-corrected chi connectivity index (χ2v) is 6.97. The smallest absolute Gasteiger partial charge is 0.134 e. The quantitative estimate of drug-likeness (QED) is 0.680. The number of halogens is 2. The fraction of sp³-hybridized carbons (Fsp3) is 0.333. The number of hydrogen-bond donors (Lipinski definition) is 1. The maximum Gasteiger partial charge on any atom is 0.134 e. The van der Waals surface area contributed by atoms with Crippen molar-refractivity contribution < 1.29 is 5.11 Å².